The number of aliphatic hydroxyl groups is 1. The number of anilines is 1. The van der Waals surface area contributed by atoms with Gasteiger partial charge in [0.1, 0.15) is 0 Å². The molecule has 2 saturated heterocycles. The molecule has 1 unspecified atom stereocenters. The molecule has 1 N–H and O–H groups in total. The van der Waals surface area contributed by atoms with Gasteiger partial charge >= 0.3 is 5.69 Å². The molecule has 2 aliphatic heterocycles. The molecule has 3 aromatic rings. The number of ether oxygens (including phenoxy) is 1. The molecular weight excluding hydrogens is 530 g/mol. The van der Waals surface area contributed by atoms with Crippen LogP contribution in [-0.4, -0.2) is 111 Å². The minimum atomic E-state index is -0.684. The summed E-state index contributed by atoms with van der Waals surface area (Å²) in [5.41, 5.74) is 1.17. The topological polar surface area (TPSA) is 101 Å². The van der Waals surface area contributed by atoms with Crippen LogP contribution in [0.5, 0.6) is 0 Å². The van der Waals surface area contributed by atoms with Gasteiger partial charge in [0.25, 0.3) is 5.56 Å². The number of nitrogens with zero attached hydrogens (tertiary/aromatic N) is 7. The van der Waals surface area contributed by atoms with E-state index in [0.29, 0.717) is 50.0 Å². The zero-order chi connectivity index (χ0) is 28.2. The fourth-order valence-electron chi connectivity index (χ4n) is 5.49. The monoisotopic (exact) mass is 571 g/mol. The quantitative estimate of drug-likeness (QED) is 0.279. The largest absolute Gasteiger partial charge is 0.390 e. The highest BCUT2D eigenvalue weighted by Crippen LogP contribution is 2.22. The molecule has 0 saturated carbocycles. The number of aryl methyl sites for hydroxylation is 2. The molecule has 2 aliphatic rings. The van der Waals surface area contributed by atoms with Crippen LogP contribution in [0.4, 0.5) is 5.95 Å². The number of β-amino-alcohol motifs (C(OH)–C–C–N with tert-alkyl or cyclic N) is 1. The summed E-state index contributed by atoms with van der Waals surface area (Å²) in [6, 6.07) is 8.71. The number of morpholine rings is 1. The number of aromatic nitrogens is 4. The van der Waals surface area contributed by atoms with Gasteiger partial charge in [-0.2, -0.15) is 4.98 Å². The molecule has 40 heavy (non-hydrogen) atoms. The second-order valence-corrected chi connectivity index (χ2v) is 12.0. The number of fused-ring (bicyclic) bond motifs is 1. The van der Waals surface area contributed by atoms with Gasteiger partial charge in [-0.05, 0) is 37.8 Å². The molecule has 2 fully saturated rings. The van der Waals surface area contributed by atoms with Gasteiger partial charge in [0.2, 0.25) is 5.95 Å². The highest BCUT2D eigenvalue weighted by Gasteiger charge is 2.26. The fraction of sp³-hybridized carbons (Fsp3) is 0.607. The van der Waals surface area contributed by atoms with Gasteiger partial charge in [0.15, 0.2) is 11.2 Å². The molecule has 218 valence electrons. The van der Waals surface area contributed by atoms with Gasteiger partial charge < -0.3 is 24.2 Å². The Kier molecular flexibility index (Phi) is 9.31. The summed E-state index contributed by atoms with van der Waals surface area (Å²) in [7, 11) is 3.11. The van der Waals surface area contributed by atoms with Crippen molar-refractivity contribution in [3.63, 3.8) is 0 Å². The second-order valence-electron chi connectivity index (χ2n) is 10.8. The first kappa shape index (κ1) is 28.9. The summed E-state index contributed by atoms with van der Waals surface area (Å²) in [6.07, 6.45) is 0.466. The van der Waals surface area contributed by atoms with Crippen LogP contribution >= 0.6 is 11.8 Å². The molecule has 0 amide bonds. The van der Waals surface area contributed by atoms with E-state index >= 15 is 0 Å². The van der Waals surface area contributed by atoms with Crippen molar-refractivity contribution >= 4 is 28.9 Å². The van der Waals surface area contributed by atoms with Crippen molar-refractivity contribution in [2.24, 2.45) is 14.1 Å². The lowest BCUT2D eigenvalue weighted by Gasteiger charge is -2.36. The summed E-state index contributed by atoms with van der Waals surface area (Å²) >= 11 is 1.91. The summed E-state index contributed by atoms with van der Waals surface area (Å²) in [6.45, 7) is 10.1. The Hall–Kier alpha value is -2.64. The molecule has 0 radical (unpaired) electrons. The summed E-state index contributed by atoms with van der Waals surface area (Å²) in [5, 5.41) is 11.2. The molecule has 0 spiro atoms. The molecule has 2 aromatic heterocycles. The first-order valence-corrected chi connectivity index (χ1v) is 15.1. The molecule has 11 nitrogen and oxygen atoms in total. The molecule has 5 rings (SSSR count). The Balaban J connectivity index is 1.18. The van der Waals surface area contributed by atoms with Crippen LogP contribution in [0.1, 0.15) is 12.0 Å². The molecule has 4 heterocycles. The Morgan fingerprint density at radius 1 is 0.950 bits per heavy atom. The zero-order valence-corrected chi connectivity index (χ0v) is 24.6. The Bertz CT molecular complexity index is 1400. The highest BCUT2D eigenvalue weighted by molar-refractivity contribution is 7.99. The fourth-order valence-corrected chi connectivity index (χ4v) is 6.33. The van der Waals surface area contributed by atoms with E-state index < -0.39 is 17.4 Å². The number of piperazine rings is 1. The lowest BCUT2D eigenvalue weighted by molar-refractivity contribution is 0.0649. The molecular formula is C28H41N7O4S. The van der Waals surface area contributed by atoms with E-state index in [4.69, 9.17) is 9.72 Å². The van der Waals surface area contributed by atoms with Gasteiger partial charge in [-0.1, -0.05) is 17.7 Å². The molecule has 12 heteroatoms. The van der Waals surface area contributed by atoms with E-state index in [0.717, 1.165) is 49.5 Å². The summed E-state index contributed by atoms with van der Waals surface area (Å²) < 4.78 is 9.82. The maximum absolute atomic E-state index is 13.2. The maximum Gasteiger partial charge on any atom is 0.332 e. The first-order valence-electron chi connectivity index (χ1n) is 14.1. The smallest absolute Gasteiger partial charge is 0.332 e. The summed E-state index contributed by atoms with van der Waals surface area (Å²) in [4.78, 5) is 38.6. The van der Waals surface area contributed by atoms with Crippen LogP contribution < -0.4 is 16.1 Å². The van der Waals surface area contributed by atoms with Gasteiger partial charge in [-0.25, -0.2) is 4.79 Å². The van der Waals surface area contributed by atoms with Crippen molar-refractivity contribution < 1.29 is 9.84 Å². The van der Waals surface area contributed by atoms with Crippen LogP contribution in [-0.2, 0) is 25.4 Å². The number of hydrogen-bond donors (Lipinski definition) is 1. The number of hydrogen-bond acceptors (Lipinski definition) is 9. The molecule has 0 bridgehead atoms. The highest BCUT2D eigenvalue weighted by atomic mass is 32.2. The number of imidazole rings is 1. The third-order valence-corrected chi connectivity index (χ3v) is 8.96. The number of rotatable bonds is 10. The van der Waals surface area contributed by atoms with Crippen molar-refractivity contribution in [1.82, 2.24) is 28.5 Å². The maximum atomic E-state index is 13.2. The van der Waals surface area contributed by atoms with E-state index in [9.17, 15) is 14.7 Å². The number of benzene rings is 1. The van der Waals surface area contributed by atoms with Crippen molar-refractivity contribution in [2.75, 3.05) is 76.2 Å². The Morgan fingerprint density at radius 2 is 1.62 bits per heavy atom. The molecule has 1 aromatic carbocycles. The minimum Gasteiger partial charge on any atom is -0.390 e. The average Bonchev–Trinajstić information content (AvgIpc) is 3.34. The van der Waals surface area contributed by atoms with Gasteiger partial charge in [-0.3, -0.25) is 18.8 Å². The van der Waals surface area contributed by atoms with Gasteiger partial charge in [0.05, 0.1) is 25.9 Å². The normalized spacial score (nSPS) is 18.1. The van der Waals surface area contributed by atoms with Crippen molar-refractivity contribution in [3.05, 3.63) is 50.7 Å². The predicted octanol–water partition coefficient (Wildman–Crippen LogP) is 0.740. The third-order valence-electron chi connectivity index (χ3n) is 7.86. The third kappa shape index (κ3) is 6.46. The van der Waals surface area contributed by atoms with Crippen molar-refractivity contribution in [1.29, 1.82) is 0 Å². The first-order chi connectivity index (χ1) is 19.3. The molecule has 1 atom stereocenters. The number of thioether (sulfide) groups is 1. The zero-order valence-electron chi connectivity index (χ0n) is 23.8. The van der Waals surface area contributed by atoms with Crippen molar-refractivity contribution in [2.45, 2.75) is 30.9 Å². The Labute approximate surface area is 238 Å². The molecule has 0 aliphatic carbocycles. The van der Waals surface area contributed by atoms with Crippen LogP contribution in [0.3, 0.4) is 0 Å². The van der Waals surface area contributed by atoms with Crippen molar-refractivity contribution in [3.8, 4) is 0 Å². The van der Waals surface area contributed by atoms with Crippen LogP contribution in [0.25, 0.3) is 11.2 Å². The lowest BCUT2D eigenvalue weighted by atomic mass is 10.2. The summed E-state index contributed by atoms with van der Waals surface area (Å²) in [5.74, 6) is 1.71. The number of aliphatic hydroxyl groups excluding tert-OH is 1. The standard InChI is InChI=1S/C28H41N7O4S/c1-21-5-7-23(8-6-21)40-18-4-9-32-10-12-33(13-11-32)19-22(36)20-35-24-25(30(2)28(38)31(3)26(24)37)29-27(35)34-14-16-39-17-15-34/h5-8,22,36H,4,9-20H2,1-3H3. The second kappa shape index (κ2) is 12.9. The van der Waals surface area contributed by atoms with E-state index in [1.165, 1.54) is 22.1 Å². The van der Waals surface area contributed by atoms with Crippen LogP contribution in [0.2, 0.25) is 0 Å². The van der Waals surface area contributed by atoms with Gasteiger partial charge in [0, 0.05) is 64.8 Å². The van der Waals surface area contributed by atoms with Crippen LogP contribution in [0.15, 0.2) is 38.8 Å². The SMILES string of the molecule is Cc1ccc(SCCCN2CCN(CC(O)Cn3c(N4CCOCC4)nc4c3c(=O)n(C)c(=O)n4C)CC2)cc1. The van der Waals surface area contributed by atoms with E-state index in [2.05, 4.69) is 45.9 Å². The van der Waals surface area contributed by atoms with E-state index in [1.807, 2.05) is 11.8 Å². The van der Waals surface area contributed by atoms with Gasteiger partial charge in [-0.15, -0.1) is 11.8 Å². The van der Waals surface area contributed by atoms with E-state index in [-0.39, 0.29) is 6.54 Å². The minimum absolute atomic E-state index is 0.229. The van der Waals surface area contributed by atoms with Crippen LogP contribution in [0, 0.1) is 6.92 Å². The van der Waals surface area contributed by atoms with E-state index in [1.54, 1.807) is 11.6 Å². The predicted molar refractivity (Wildman–Crippen MR) is 159 cm³/mol. The Morgan fingerprint density at radius 3 is 2.33 bits per heavy atom. The lowest BCUT2D eigenvalue weighted by Crippen LogP contribution is -2.49. The average molecular weight is 572 g/mol.